The first-order valence-electron chi connectivity index (χ1n) is 11.3. The van der Waals surface area contributed by atoms with Crippen LogP contribution in [-0.2, 0) is 26.2 Å². The van der Waals surface area contributed by atoms with Gasteiger partial charge in [-0.2, -0.15) is 0 Å². The van der Waals surface area contributed by atoms with Crippen molar-refractivity contribution < 1.29 is 18.0 Å². The van der Waals surface area contributed by atoms with Crippen molar-refractivity contribution in [2.24, 2.45) is 5.92 Å². The smallest absolute Gasteiger partial charge is 0.244 e. The Labute approximate surface area is 217 Å². The van der Waals surface area contributed by atoms with Gasteiger partial charge in [0.25, 0.3) is 0 Å². The molecule has 186 valence electrons. The van der Waals surface area contributed by atoms with Gasteiger partial charge in [-0.05, 0) is 71.7 Å². The Morgan fingerprint density at radius 1 is 1.09 bits per heavy atom. The highest BCUT2D eigenvalue weighted by Crippen LogP contribution is 2.21. The summed E-state index contributed by atoms with van der Waals surface area (Å²) < 4.78 is 27.2. The summed E-state index contributed by atoms with van der Waals surface area (Å²) in [4.78, 5) is 28.1. The van der Waals surface area contributed by atoms with Crippen LogP contribution >= 0.6 is 22.6 Å². The molecule has 2 amide bonds. The number of carbonyl (C=O) groups excluding carboxylic acids is 2. The van der Waals surface area contributed by atoms with Crippen molar-refractivity contribution in [3.8, 4) is 0 Å². The maximum atomic E-state index is 13.6. The summed E-state index contributed by atoms with van der Waals surface area (Å²) in [7, 11) is -3.73. The zero-order valence-electron chi connectivity index (χ0n) is 20.4. The Hall–Kier alpha value is -2.14. The summed E-state index contributed by atoms with van der Waals surface area (Å²) in [6.45, 7) is 8.13. The van der Waals surface area contributed by atoms with Crippen molar-refractivity contribution in [1.29, 1.82) is 0 Å². The number of nitrogens with zero attached hydrogens (tertiary/aromatic N) is 2. The molecule has 7 nitrogen and oxygen atoms in total. The summed E-state index contributed by atoms with van der Waals surface area (Å²) >= 11 is 2.14. The molecule has 2 rings (SSSR count). The molecule has 0 radical (unpaired) electrons. The summed E-state index contributed by atoms with van der Waals surface area (Å²) in [6, 6.07) is 13.9. The highest BCUT2D eigenvalue weighted by molar-refractivity contribution is 14.1. The van der Waals surface area contributed by atoms with Gasteiger partial charge in [0.15, 0.2) is 0 Å². The molecule has 34 heavy (non-hydrogen) atoms. The van der Waals surface area contributed by atoms with Crippen LogP contribution in [0.1, 0.15) is 38.3 Å². The van der Waals surface area contributed by atoms with Gasteiger partial charge in [-0.1, -0.05) is 50.6 Å². The number of hydrogen-bond acceptors (Lipinski definition) is 4. The Balaban J connectivity index is 2.41. The number of aryl methyl sites for hydroxylation is 1. The normalized spacial score (nSPS) is 12.3. The summed E-state index contributed by atoms with van der Waals surface area (Å²) in [5.74, 6) is -0.404. The molecular weight excluding hydrogens is 565 g/mol. The van der Waals surface area contributed by atoms with Gasteiger partial charge in [0, 0.05) is 16.7 Å². The van der Waals surface area contributed by atoms with Crippen LogP contribution < -0.4 is 9.62 Å². The predicted molar refractivity (Wildman–Crippen MR) is 145 cm³/mol. The molecule has 0 bridgehead atoms. The number of carbonyl (C=O) groups is 2. The van der Waals surface area contributed by atoms with E-state index < -0.39 is 22.0 Å². The third-order valence-electron chi connectivity index (χ3n) is 5.30. The van der Waals surface area contributed by atoms with Gasteiger partial charge in [-0.15, -0.1) is 0 Å². The fraction of sp³-hybridized carbons (Fsp3) is 0.440. The van der Waals surface area contributed by atoms with Gasteiger partial charge >= 0.3 is 0 Å². The second kappa shape index (κ2) is 12.5. The van der Waals surface area contributed by atoms with Gasteiger partial charge in [-0.3, -0.25) is 13.9 Å². The molecule has 9 heteroatoms. The summed E-state index contributed by atoms with van der Waals surface area (Å²) in [5.41, 5.74) is 2.33. The van der Waals surface area contributed by atoms with Crippen LogP contribution in [0, 0.1) is 16.4 Å². The van der Waals surface area contributed by atoms with E-state index >= 15 is 0 Å². The van der Waals surface area contributed by atoms with E-state index in [0.29, 0.717) is 18.7 Å². The number of amides is 2. The molecule has 1 N–H and O–H groups in total. The lowest BCUT2D eigenvalue weighted by molar-refractivity contribution is -0.140. The first-order chi connectivity index (χ1) is 15.9. The number of rotatable bonds is 11. The molecule has 1 atom stereocenters. The fourth-order valence-corrected chi connectivity index (χ4v) is 4.78. The minimum Gasteiger partial charge on any atom is -0.354 e. The summed E-state index contributed by atoms with van der Waals surface area (Å²) in [5, 5.41) is 2.92. The monoisotopic (exact) mass is 599 g/mol. The molecule has 0 aromatic heterocycles. The van der Waals surface area contributed by atoms with Crippen LogP contribution in [0.4, 0.5) is 5.69 Å². The second-order valence-corrected chi connectivity index (χ2v) is 12.0. The maximum absolute atomic E-state index is 13.6. The van der Waals surface area contributed by atoms with E-state index in [1.54, 1.807) is 24.3 Å². The molecular formula is C25H34IN3O4S. The molecule has 0 spiro atoms. The first-order valence-corrected chi connectivity index (χ1v) is 14.2. The topological polar surface area (TPSA) is 86.8 Å². The van der Waals surface area contributed by atoms with Crippen LogP contribution in [0.5, 0.6) is 0 Å². The Morgan fingerprint density at radius 2 is 1.74 bits per heavy atom. The Kier molecular flexibility index (Phi) is 10.4. The van der Waals surface area contributed by atoms with Crippen molar-refractivity contribution in [3.05, 3.63) is 63.2 Å². The van der Waals surface area contributed by atoms with E-state index in [1.165, 1.54) is 4.90 Å². The molecule has 2 aromatic rings. The highest BCUT2D eigenvalue weighted by Gasteiger charge is 2.31. The molecule has 2 aromatic carbocycles. The zero-order chi connectivity index (χ0) is 25.5. The molecule has 0 aliphatic heterocycles. The number of anilines is 1. The van der Waals surface area contributed by atoms with E-state index in [2.05, 4.69) is 27.9 Å². The van der Waals surface area contributed by atoms with Crippen LogP contribution in [0.15, 0.2) is 48.5 Å². The van der Waals surface area contributed by atoms with Crippen molar-refractivity contribution in [2.75, 3.05) is 23.7 Å². The van der Waals surface area contributed by atoms with Gasteiger partial charge < -0.3 is 10.2 Å². The predicted octanol–water partition coefficient (Wildman–Crippen LogP) is 3.95. The molecule has 0 saturated heterocycles. The average molecular weight is 600 g/mol. The van der Waals surface area contributed by atoms with E-state index in [0.717, 1.165) is 25.3 Å². The van der Waals surface area contributed by atoms with Crippen LogP contribution in [0.2, 0.25) is 0 Å². The van der Waals surface area contributed by atoms with E-state index in [-0.39, 0.29) is 24.9 Å². The Bertz CT molecular complexity index is 1090. The van der Waals surface area contributed by atoms with Crippen molar-refractivity contribution in [3.63, 3.8) is 0 Å². The molecule has 0 aliphatic rings. The quantitative estimate of drug-likeness (QED) is 0.397. The molecule has 0 heterocycles. The molecule has 0 unspecified atom stereocenters. The molecule has 0 saturated carbocycles. The fourth-order valence-electron chi connectivity index (χ4n) is 3.57. The largest absolute Gasteiger partial charge is 0.354 e. The molecule has 0 aliphatic carbocycles. The van der Waals surface area contributed by atoms with Gasteiger partial charge in [0.05, 0.1) is 11.9 Å². The SMILES string of the molecule is CC[C@@H](C(=O)NCC(C)C)N(Cc1cccc(C)c1)C(=O)CN(c1ccc(I)cc1)S(C)(=O)=O. The lowest BCUT2D eigenvalue weighted by Gasteiger charge is -2.33. The second-order valence-electron chi connectivity index (χ2n) is 8.82. The lowest BCUT2D eigenvalue weighted by Crippen LogP contribution is -2.52. The number of halogens is 1. The van der Waals surface area contributed by atoms with Gasteiger partial charge in [0.1, 0.15) is 12.6 Å². The number of nitrogens with one attached hydrogen (secondary N) is 1. The van der Waals surface area contributed by atoms with Gasteiger partial charge in [-0.25, -0.2) is 8.42 Å². The van der Waals surface area contributed by atoms with Crippen molar-refractivity contribution >= 4 is 50.1 Å². The number of benzene rings is 2. The minimum atomic E-state index is -3.73. The third kappa shape index (κ3) is 8.26. The molecule has 0 fully saturated rings. The van der Waals surface area contributed by atoms with Crippen LogP contribution in [0.3, 0.4) is 0 Å². The number of hydrogen-bond donors (Lipinski definition) is 1. The van der Waals surface area contributed by atoms with Crippen molar-refractivity contribution in [1.82, 2.24) is 10.2 Å². The zero-order valence-corrected chi connectivity index (χ0v) is 23.4. The van der Waals surface area contributed by atoms with E-state index in [1.807, 2.05) is 52.0 Å². The first kappa shape index (κ1) is 28.1. The van der Waals surface area contributed by atoms with E-state index in [4.69, 9.17) is 0 Å². The third-order valence-corrected chi connectivity index (χ3v) is 7.16. The maximum Gasteiger partial charge on any atom is 0.244 e. The standard InChI is InChI=1S/C25H34IN3O4S/c1-6-23(25(31)27-15-18(2)3)28(16-20-9-7-8-19(4)14-20)24(30)17-29(34(5,32)33)22-12-10-21(26)11-13-22/h7-14,18,23H,6,15-17H2,1-5H3,(H,27,31)/t23-/m0/s1. The van der Waals surface area contributed by atoms with Gasteiger partial charge in [0.2, 0.25) is 21.8 Å². The van der Waals surface area contributed by atoms with Crippen molar-refractivity contribution in [2.45, 2.75) is 46.7 Å². The minimum absolute atomic E-state index is 0.207. The summed E-state index contributed by atoms with van der Waals surface area (Å²) in [6.07, 6.45) is 1.49. The Morgan fingerprint density at radius 3 is 2.26 bits per heavy atom. The number of sulfonamides is 1. The average Bonchev–Trinajstić information content (AvgIpc) is 2.75. The van der Waals surface area contributed by atoms with Crippen LogP contribution in [0.25, 0.3) is 0 Å². The highest BCUT2D eigenvalue weighted by atomic mass is 127. The van der Waals surface area contributed by atoms with E-state index in [9.17, 15) is 18.0 Å². The lowest BCUT2D eigenvalue weighted by atomic mass is 10.1. The van der Waals surface area contributed by atoms with Crippen LogP contribution in [-0.4, -0.2) is 50.5 Å².